The molecule has 0 radical (unpaired) electrons. The SMILES string of the molecule is COc1cc(C(=O)Cc2cc3cc(-c4cncn4C)ncc3cn2)ccn1. The van der Waals surface area contributed by atoms with Gasteiger partial charge in [-0.1, -0.05) is 0 Å². The Labute approximate surface area is 155 Å². The maximum atomic E-state index is 12.6. The number of fused-ring (bicyclic) bond motifs is 1. The lowest BCUT2D eigenvalue weighted by Crippen LogP contribution is -2.06. The first-order chi connectivity index (χ1) is 13.1. The number of aromatic nitrogens is 5. The van der Waals surface area contributed by atoms with Gasteiger partial charge in [-0.25, -0.2) is 9.97 Å². The standard InChI is InChI=1S/C20H17N5O2/c1-25-12-21-11-18(25)17-6-14-5-16(23-9-15(14)10-24-17)8-19(26)13-3-4-22-20(7-13)27-2/h3-7,9-12H,8H2,1-2H3. The lowest BCUT2D eigenvalue weighted by molar-refractivity contribution is 0.0991. The van der Waals surface area contributed by atoms with Crippen LogP contribution in [0.3, 0.4) is 0 Å². The molecule has 0 aliphatic rings. The van der Waals surface area contributed by atoms with Crippen LogP contribution < -0.4 is 4.74 Å². The second kappa shape index (κ2) is 6.95. The van der Waals surface area contributed by atoms with Gasteiger partial charge in [-0.05, 0) is 23.6 Å². The van der Waals surface area contributed by atoms with E-state index < -0.39 is 0 Å². The molecule has 0 aromatic carbocycles. The van der Waals surface area contributed by atoms with Crippen LogP contribution in [0.4, 0.5) is 0 Å². The van der Waals surface area contributed by atoms with Crippen LogP contribution in [0.1, 0.15) is 16.1 Å². The third kappa shape index (κ3) is 3.39. The van der Waals surface area contributed by atoms with Crippen molar-refractivity contribution >= 4 is 16.6 Å². The minimum atomic E-state index is -0.0385. The van der Waals surface area contributed by atoms with E-state index in [0.717, 1.165) is 22.2 Å². The summed E-state index contributed by atoms with van der Waals surface area (Å²) in [5, 5.41) is 1.90. The third-order valence-corrected chi connectivity index (χ3v) is 4.35. The van der Waals surface area contributed by atoms with Crippen LogP contribution in [-0.2, 0) is 13.5 Å². The summed E-state index contributed by atoms with van der Waals surface area (Å²) < 4.78 is 6.99. The number of hydrogen-bond acceptors (Lipinski definition) is 6. The van der Waals surface area contributed by atoms with Crippen molar-refractivity contribution in [3.63, 3.8) is 0 Å². The number of hydrogen-bond donors (Lipinski definition) is 0. The normalized spacial score (nSPS) is 10.9. The van der Waals surface area contributed by atoms with Crippen molar-refractivity contribution < 1.29 is 9.53 Å². The molecule has 27 heavy (non-hydrogen) atoms. The summed E-state index contributed by atoms with van der Waals surface area (Å²) in [6.45, 7) is 0. The van der Waals surface area contributed by atoms with E-state index >= 15 is 0 Å². The zero-order chi connectivity index (χ0) is 18.8. The lowest BCUT2D eigenvalue weighted by atomic mass is 10.1. The minimum absolute atomic E-state index is 0.0385. The Morgan fingerprint density at radius 1 is 1.07 bits per heavy atom. The molecule has 7 heteroatoms. The summed E-state index contributed by atoms with van der Waals surface area (Å²) in [6.07, 6.45) is 8.80. The Morgan fingerprint density at radius 3 is 2.70 bits per heavy atom. The number of aryl methyl sites for hydroxylation is 1. The minimum Gasteiger partial charge on any atom is -0.481 e. The molecule has 7 nitrogen and oxygen atoms in total. The maximum Gasteiger partial charge on any atom is 0.213 e. The van der Waals surface area contributed by atoms with Gasteiger partial charge in [0.05, 0.1) is 37.4 Å². The Hall–Kier alpha value is -3.61. The molecule has 0 unspecified atom stereocenters. The highest BCUT2D eigenvalue weighted by Gasteiger charge is 2.11. The first-order valence-corrected chi connectivity index (χ1v) is 8.38. The Bertz CT molecular complexity index is 1140. The van der Waals surface area contributed by atoms with E-state index in [9.17, 15) is 4.79 Å². The van der Waals surface area contributed by atoms with Gasteiger partial charge < -0.3 is 9.30 Å². The van der Waals surface area contributed by atoms with Gasteiger partial charge in [0.2, 0.25) is 5.88 Å². The Kier molecular flexibility index (Phi) is 4.33. The molecule has 0 atom stereocenters. The Balaban J connectivity index is 1.64. The summed E-state index contributed by atoms with van der Waals surface area (Å²) in [4.78, 5) is 29.6. The van der Waals surface area contributed by atoms with Crippen molar-refractivity contribution in [3.8, 4) is 17.3 Å². The van der Waals surface area contributed by atoms with E-state index in [0.29, 0.717) is 17.1 Å². The number of pyridine rings is 3. The number of methoxy groups -OCH3 is 1. The number of rotatable bonds is 5. The van der Waals surface area contributed by atoms with Gasteiger partial charge in [0, 0.05) is 48.3 Å². The summed E-state index contributed by atoms with van der Waals surface area (Å²) in [5.41, 5.74) is 3.00. The highest BCUT2D eigenvalue weighted by atomic mass is 16.5. The molecular weight excluding hydrogens is 342 g/mol. The Morgan fingerprint density at radius 2 is 1.93 bits per heavy atom. The molecule has 0 aliphatic carbocycles. The van der Waals surface area contributed by atoms with Gasteiger partial charge >= 0.3 is 0 Å². The monoisotopic (exact) mass is 359 g/mol. The van der Waals surface area contributed by atoms with E-state index in [4.69, 9.17) is 4.74 Å². The fourth-order valence-corrected chi connectivity index (χ4v) is 2.89. The van der Waals surface area contributed by atoms with Crippen molar-refractivity contribution in [3.05, 3.63) is 66.6 Å². The quantitative estimate of drug-likeness (QED) is 0.510. The van der Waals surface area contributed by atoms with Crippen molar-refractivity contribution in [1.29, 1.82) is 0 Å². The van der Waals surface area contributed by atoms with E-state index in [2.05, 4.69) is 19.9 Å². The van der Waals surface area contributed by atoms with E-state index in [1.807, 2.05) is 23.7 Å². The molecule has 0 N–H and O–H groups in total. The average Bonchev–Trinajstić information content (AvgIpc) is 3.13. The molecule has 4 aromatic heterocycles. The van der Waals surface area contributed by atoms with Crippen LogP contribution >= 0.6 is 0 Å². The number of ketones is 1. The molecule has 0 saturated heterocycles. The highest BCUT2D eigenvalue weighted by molar-refractivity contribution is 5.98. The van der Waals surface area contributed by atoms with Crippen LogP contribution in [0.25, 0.3) is 22.2 Å². The summed E-state index contributed by atoms with van der Waals surface area (Å²) in [6, 6.07) is 7.22. The topological polar surface area (TPSA) is 82.8 Å². The van der Waals surface area contributed by atoms with Crippen LogP contribution in [0, 0.1) is 0 Å². The zero-order valence-electron chi connectivity index (χ0n) is 15.0. The largest absolute Gasteiger partial charge is 0.481 e. The summed E-state index contributed by atoms with van der Waals surface area (Å²) in [7, 11) is 3.45. The van der Waals surface area contributed by atoms with Crippen molar-refractivity contribution in [1.82, 2.24) is 24.5 Å². The van der Waals surface area contributed by atoms with Crippen LogP contribution in [-0.4, -0.2) is 37.4 Å². The zero-order valence-corrected chi connectivity index (χ0v) is 15.0. The predicted octanol–water partition coefficient (Wildman–Crippen LogP) is 2.86. The molecule has 4 heterocycles. The lowest BCUT2D eigenvalue weighted by Gasteiger charge is -2.06. The average molecular weight is 359 g/mol. The molecule has 134 valence electrons. The molecule has 0 fully saturated rings. The fraction of sp³-hybridized carbons (Fsp3) is 0.150. The molecule has 0 aliphatic heterocycles. The van der Waals surface area contributed by atoms with Gasteiger partial charge in [-0.2, -0.15) is 0 Å². The summed E-state index contributed by atoms with van der Waals surface area (Å²) >= 11 is 0. The number of nitrogens with zero attached hydrogens (tertiary/aromatic N) is 5. The fourth-order valence-electron chi connectivity index (χ4n) is 2.89. The van der Waals surface area contributed by atoms with Crippen LogP contribution in [0.5, 0.6) is 5.88 Å². The van der Waals surface area contributed by atoms with Crippen LogP contribution in [0.2, 0.25) is 0 Å². The van der Waals surface area contributed by atoms with Crippen LogP contribution in [0.15, 0.2) is 55.4 Å². The number of carbonyl (C=O) groups excluding carboxylic acids is 1. The number of imidazole rings is 1. The number of ether oxygens (including phenoxy) is 1. The van der Waals surface area contributed by atoms with E-state index in [1.54, 1.807) is 43.2 Å². The smallest absolute Gasteiger partial charge is 0.213 e. The van der Waals surface area contributed by atoms with Crippen molar-refractivity contribution in [2.75, 3.05) is 7.11 Å². The summed E-state index contributed by atoms with van der Waals surface area (Å²) in [5.74, 6) is 0.377. The van der Waals surface area contributed by atoms with Gasteiger partial charge in [0.25, 0.3) is 0 Å². The molecule has 4 rings (SSSR count). The van der Waals surface area contributed by atoms with E-state index in [1.165, 1.54) is 7.11 Å². The maximum absolute atomic E-state index is 12.6. The molecule has 0 saturated carbocycles. The molecule has 4 aromatic rings. The van der Waals surface area contributed by atoms with Crippen molar-refractivity contribution in [2.45, 2.75) is 6.42 Å². The predicted molar refractivity (Wildman–Crippen MR) is 101 cm³/mol. The first kappa shape index (κ1) is 16.8. The van der Waals surface area contributed by atoms with Crippen molar-refractivity contribution in [2.24, 2.45) is 7.05 Å². The molecule has 0 spiro atoms. The third-order valence-electron chi connectivity index (χ3n) is 4.35. The van der Waals surface area contributed by atoms with Gasteiger partial charge in [-0.15, -0.1) is 0 Å². The number of carbonyl (C=O) groups is 1. The van der Waals surface area contributed by atoms with Gasteiger partial charge in [-0.3, -0.25) is 14.8 Å². The highest BCUT2D eigenvalue weighted by Crippen LogP contribution is 2.22. The van der Waals surface area contributed by atoms with E-state index in [-0.39, 0.29) is 12.2 Å². The van der Waals surface area contributed by atoms with Gasteiger partial charge in [0.1, 0.15) is 0 Å². The number of Topliss-reactive ketones (excluding diaryl/α,β-unsaturated/α-hetero) is 1. The molecular formula is C20H17N5O2. The second-order valence-corrected chi connectivity index (χ2v) is 6.17. The first-order valence-electron chi connectivity index (χ1n) is 8.38. The molecule has 0 amide bonds. The van der Waals surface area contributed by atoms with Gasteiger partial charge in [0.15, 0.2) is 5.78 Å². The molecule has 0 bridgehead atoms. The second-order valence-electron chi connectivity index (χ2n) is 6.17.